The summed E-state index contributed by atoms with van der Waals surface area (Å²) in [4.78, 5) is 18.7. The van der Waals surface area contributed by atoms with E-state index in [1.54, 1.807) is 24.9 Å². The number of oxime groups is 2. The maximum atomic E-state index is 5.29. The molecule has 2 rings (SSSR count). The number of rotatable bonds is 7. The van der Waals surface area contributed by atoms with E-state index in [2.05, 4.69) is 20.3 Å². The van der Waals surface area contributed by atoms with Crippen molar-refractivity contribution in [1.29, 1.82) is 0 Å². The average Bonchev–Trinajstić information content (AvgIpc) is 2.54. The number of hydrogen-bond donors (Lipinski definition) is 0. The van der Waals surface area contributed by atoms with Gasteiger partial charge in [0.25, 0.3) is 0 Å². The van der Waals surface area contributed by atoms with Crippen LogP contribution in [0.5, 0.6) is 0 Å². The standard InChI is InChI=1S/C15H20N4O2/c1-13(21-19-11-15-4-8-17-9-5-15)12-20-18-10-14-2-6-16-7-3-14/h2,4,6,8,10-11,13H,3,5,7,9,12H2,1H3. The molecule has 0 aromatic rings. The lowest BCUT2D eigenvalue weighted by Crippen LogP contribution is -2.12. The molecule has 0 aromatic carbocycles. The van der Waals surface area contributed by atoms with Crippen molar-refractivity contribution in [3.8, 4) is 0 Å². The van der Waals surface area contributed by atoms with Crippen LogP contribution in [0.4, 0.5) is 0 Å². The molecule has 2 aliphatic heterocycles. The minimum Gasteiger partial charge on any atom is -0.392 e. The quantitative estimate of drug-likeness (QED) is 0.532. The Labute approximate surface area is 124 Å². The highest BCUT2D eigenvalue weighted by molar-refractivity contribution is 5.88. The molecule has 0 aromatic heterocycles. The van der Waals surface area contributed by atoms with Crippen LogP contribution in [0.1, 0.15) is 19.8 Å². The van der Waals surface area contributed by atoms with Crippen LogP contribution in [0, 0.1) is 0 Å². The van der Waals surface area contributed by atoms with Gasteiger partial charge in [0, 0.05) is 25.5 Å². The van der Waals surface area contributed by atoms with Gasteiger partial charge < -0.3 is 9.68 Å². The van der Waals surface area contributed by atoms with E-state index in [1.807, 2.05) is 19.1 Å². The monoisotopic (exact) mass is 288 g/mol. The molecule has 0 amide bonds. The third kappa shape index (κ3) is 6.16. The maximum absolute atomic E-state index is 5.29. The fourth-order valence-corrected chi connectivity index (χ4v) is 1.70. The van der Waals surface area contributed by atoms with Crippen molar-refractivity contribution in [3.05, 3.63) is 23.3 Å². The molecule has 0 fully saturated rings. The van der Waals surface area contributed by atoms with Crippen LogP contribution in [0.15, 0.2) is 43.6 Å². The lowest BCUT2D eigenvalue weighted by molar-refractivity contribution is -0.00147. The largest absolute Gasteiger partial charge is 0.392 e. The van der Waals surface area contributed by atoms with Gasteiger partial charge in [0.05, 0.1) is 12.4 Å². The number of aliphatic imine (C=N–C) groups is 2. The molecule has 112 valence electrons. The van der Waals surface area contributed by atoms with Crippen LogP contribution in [0.25, 0.3) is 0 Å². The zero-order valence-corrected chi connectivity index (χ0v) is 12.2. The van der Waals surface area contributed by atoms with Crippen LogP contribution in [-0.2, 0) is 9.68 Å². The molecule has 0 radical (unpaired) electrons. The third-order valence-corrected chi connectivity index (χ3v) is 2.91. The first-order chi connectivity index (χ1) is 10.3. The van der Waals surface area contributed by atoms with E-state index in [-0.39, 0.29) is 6.10 Å². The van der Waals surface area contributed by atoms with Gasteiger partial charge >= 0.3 is 0 Å². The first-order valence-electron chi connectivity index (χ1n) is 7.07. The highest BCUT2D eigenvalue weighted by Crippen LogP contribution is 2.04. The van der Waals surface area contributed by atoms with Crippen LogP contribution < -0.4 is 0 Å². The molecule has 2 aliphatic rings. The summed E-state index contributed by atoms with van der Waals surface area (Å²) < 4.78 is 0. The normalized spacial score (nSPS) is 19.7. The molecule has 0 aliphatic carbocycles. The first kappa shape index (κ1) is 15.2. The molecule has 21 heavy (non-hydrogen) atoms. The van der Waals surface area contributed by atoms with Gasteiger partial charge in [-0.3, -0.25) is 9.98 Å². The summed E-state index contributed by atoms with van der Waals surface area (Å²) in [6.45, 7) is 3.87. The summed E-state index contributed by atoms with van der Waals surface area (Å²) in [5, 5.41) is 7.87. The summed E-state index contributed by atoms with van der Waals surface area (Å²) in [6.07, 6.45) is 12.5. The molecule has 0 saturated carbocycles. The van der Waals surface area contributed by atoms with Crippen molar-refractivity contribution < 1.29 is 9.68 Å². The summed E-state index contributed by atoms with van der Waals surface area (Å²) in [6, 6.07) is 0. The lowest BCUT2D eigenvalue weighted by Gasteiger charge is -2.08. The number of allylic oxidation sites excluding steroid dienone is 2. The van der Waals surface area contributed by atoms with Crippen LogP contribution in [-0.4, -0.2) is 50.7 Å². The fourth-order valence-electron chi connectivity index (χ4n) is 1.70. The Hall–Kier alpha value is -2.24. The van der Waals surface area contributed by atoms with Crippen LogP contribution in [0.3, 0.4) is 0 Å². The minimum absolute atomic E-state index is 0.154. The lowest BCUT2D eigenvalue weighted by atomic mass is 10.2. The molecule has 1 unspecified atom stereocenters. The molecule has 2 heterocycles. The molecule has 0 saturated heterocycles. The van der Waals surface area contributed by atoms with Gasteiger partial charge in [-0.1, -0.05) is 10.3 Å². The van der Waals surface area contributed by atoms with Gasteiger partial charge in [-0.05, 0) is 43.1 Å². The summed E-state index contributed by atoms with van der Waals surface area (Å²) in [7, 11) is 0. The van der Waals surface area contributed by atoms with Crippen molar-refractivity contribution in [1.82, 2.24) is 0 Å². The fraction of sp³-hybridized carbons (Fsp3) is 0.467. The maximum Gasteiger partial charge on any atom is 0.161 e. The van der Waals surface area contributed by atoms with Crippen LogP contribution >= 0.6 is 0 Å². The molecule has 6 nitrogen and oxygen atoms in total. The van der Waals surface area contributed by atoms with E-state index in [0.717, 1.165) is 37.1 Å². The van der Waals surface area contributed by atoms with E-state index in [1.165, 1.54) is 0 Å². The smallest absolute Gasteiger partial charge is 0.161 e. The molecule has 1 atom stereocenters. The van der Waals surface area contributed by atoms with Crippen molar-refractivity contribution in [2.75, 3.05) is 19.7 Å². The van der Waals surface area contributed by atoms with Gasteiger partial charge in [0.2, 0.25) is 0 Å². The minimum atomic E-state index is -0.154. The zero-order chi connectivity index (χ0) is 14.8. The van der Waals surface area contributed by atoms with Crippen LogP contribution in [0.2, 0.25) is 0 Å². The van der Waals surface area contributed by atoms with E-state index >= 15 is 0 Å². The Kier molecular flexibility index (Phi) is 6.38. The van der Waals surface area contributed by atoms with Gasteiger partial charge in [-0.25, -0.2) is 0 Å². The van der Waals surface area contributed by atoms with Gasteiger partial charge in [0.15, 0.2) is 12.7 Å². The highest BCUT2D eigenvalue weighted by atomic mass is 16.7. The summed E-state index contributed by atoms with van der Waals surface area (Å²) in [5.41, 5.74) is 2.23. The summed E-state index contributed by atoms with van der Waals surface area (Å²) in [5.74, 6) is 0. The van der Waals surface area contributed by atoms with E-state index in [4.69, 9.17) is 9.68 Å². The molecular formula is C15H20N4O2. The van der Waals surface area contributed by atoms with Gasteiger partial charge in [-0.15, -0.1) is 0 Å². The number of hydrogen-bond acceptors (Lipinski definition) is 6. The second-order valence-electron chi connectivity index (χ2n) is 4.77. The van der Waals surface area contributed by atoms with E-state index in [0.29, 0.717) is 6.61 Å². The Balaban J connectivity index is 1.62. The molecule has 0 spiro atoms. The topological polar surface area (TPSA) is 67.9 Å². The third-order valence-electron chi connectivity index (χ3n) is 2.91. The first-order valence-corrected chi connectivity index (χ1v) is 7.07. The SMILES string of the molecule is CC(CON=CC1=CC=NCC1)ON=CC1=CC=NCC1. The predicted molar refractivity (Wildman–Crippen MR) is 85.6 cm³/mol. The molecule has 0 bridgehead atoms. The van der Waals surface area contributed by atoms with E-state index < -0.39 is 0 Å². The Morgan fingerprint density at radius 2 is 1.71 bits per heavy atom. The van der Waals surface area contributed by atoms with E-state index in [9.17, 15) is 0 Å². The summed E-state index contributed by atoms with van der Waals surface area (Å²) >= 11 is 0. The average molecular weight is 288 g/mol. The number of dihydropyridines is 2. The van der Waals surface area contributed by atoms with Gasteiger partial charge in [0.1, 0.15) is 0 Å². The Morgan fingerprint density at radius 3 is 2.29 bits per heavy atom. The van der Waals surface area contributed by atoms with Gasteiger partial charge in [-0.2, -0.15) is 0 Å². The molecular weight excluding hydrogens is 268 g/mol. The molecule has 6 heteroatoms. The van der Waals surface area contributed by atoms with Crippen molar-refractivity contribution >= 4 is 24.9 Å². The Morgan fingerprint density at radius 1 is 1.10 bits per heavy atom. The molecule has 0 N–H and O–H groups in total. The second-order valence-corrected chi connectivity index (χ2v) is 4.77. The number of nitrogens with zero attached hydrogens (tertiary/aromatic N) is 4. The zero-order valence-electron chi connectivity index (χ0n) is 12.2. The highest BCUT2D eigenvalue weighted by Gasteiger charge is 2.03. The van der Waals surface area contributed by atoms with Crippen molar-refractivity contribution in [2.45, 2.75) is 25.9 Å². The Bertz CT molecular complexity index is 504. The predicted octanol–water partition coefficient (Wildman–Crippen LogP) is 2.18. The second kappa shape index (κ2) is 8.84. The van der Waals surface area contributed by atoms with Crippen molar-refractivity contribution in [2.24, 2.45) is 20.3 Å². The van der Waals surface area contributed by atoms with Crippen molar-refractivity contribution in [3.63, 3.8) is 0 Å².